The predicted molar refractivity (Wildman–Crippen MR) is 179 cm³/mol. The standard InChI is InChI=1S/C40H32N2/c1-3-27-13-23-39-35(25-27)33-9-5-7-11-37(33)41(39)31-19-15-29(16-20-31)30-17-21-32(22-18-30)42-38-12-8-6-10-34(38)36-26-28(4-2)14-24-40(36)42/h5-26H,3-4H2,1-2H3. The van der Waals surface area contributed by atoms with Crippen molar-refractivity contribution < 1.29 is 0 Å². The van der Waals surface area contributed by atoms with E-state index in [2.05, 4.69) is 156 Å². The Morgan fingerprint density at radius 1 is 0.381 bits per heavy atom. The number of aromatic nitrogens is 2. The summed E-state index contributed by atoms with van der Waals surface area (Å²) < 4.78 is 4.78. The van der Waals surface area contributed by atoms with Gasteiger partial charge in [-0.25, -0.2) is 0 Å². The van der Waals surface area contributed by atoms with Crippen LogP contribution in [-0.4, -0.2) is 9.13 Å². The van der Waals surface area contributed by atoms with E-state index in [4.69, 9.17) is 0 Å². The highest BCUT2D eigenvalue weighted by Gasteiger charge is 2.14. The van der Waals surface area contributed by atoms with Crippen LogP contribution in [0.25, 0.3) is 66.1 Å². The largest absolute Gasteiger partial charge is 0.309 e. The quantitative estimate of drug-likeness (QED) is 0.205. The summed E-state index contributed by atoms with van der Waals surface area (Å²) in [6.07, 6.45) is 2.08. The van der Waals surface area contributed by atoms with Crippen molar-refractivity contribution in [3.63, 3.8) is 0 Å². The highest BCUT2D eigenvalue weighted by atomic mass is 15.0. The first-order valence-corrected chi connectivity index (χ1v) is 15.0. The first kappa shape index (κ1) is 24.7. The van der Waals surface area contributed by atoms with E-state index >= 15 is 0 Å². The van der Waals surface area contributed by atoms with Crippen LogP contribution in [0.15, 0.2) is 133 Å². The van der Waals surface area contributed by atoms with Crippen LogP contribution in [-0.2, 0) is 12.8 Å². The molecule has 2 heteroatoms. The van der Waals surface area contributed by atoms with Crippen LogP contribution in [0.2, 0.25) is 0 Å². The predicted octanol–water partition coefficient (Wildman–Crippen LogP) is 10.7. The van der Waals surface area contributed by atoms with E-state index in [1.165, 1.54) is 77.2 Å². The van der Waals surface area contributed by atoms with Gasteiger partial charge in [0.05, 0.1) is 22.1 Å². The third-order valence-corrected chi connectivity index (χ3v) is 8.87. The molecule has 0 saturated heterocycles. The SMILES string of the molecule is CCc1ccc2c(c1)c1ccccc1n2-c1ccc(-c2ccc(-n3c4ccccc4c4cc(CC)ccc43)cc2)cc1. The average Bonchev–Trinajstić information content (AvgIpc) is 3.57. The van der Waals surface area contributed by atoms with Gasteiger partial charge in [0.25, 0.3) is 0 Å². The second-order valence-electron chi connectivity index (χ2n) is 11.2. The zero-order chi connectivity index (χ0) is 28.2. The molecule has 0 atom stereocenters. The van der Waals surface area contributed by atoms with Gasteiger partial charge < -0.3 is 9.13 Å². The number of para-hydroxylation sites is 2. The lowest BCUT2D eigenvalue weighted by Crippen LogP contribution is -1.95. The molecule has 2 heterocycles. The zero-order valence-corrected chi connectivity index (χ0v) is 24.0. The molecule has 0 saturated carbocycles. The summed E-state index contributed by atoms with van der Waals surface area (Å²) >= 11 is 0. The molecule has 8 aromatic rings. The third kappa shape index (κ3) is 3.79. The van der Waals surface area contributed by atoms with Crippen LogP contribution in [0.3, 0.4) is 0 Å². The van der Waals surface area contributed by atoms with Crippen molar-refractivity contribution in [2.45, 2.75) is 26.7 Å². The molecule has 0 bridgehead atoms. The average molecular weight is 541 g/mol. The molecule has 202 valence electrons. The van der Waals surface area contributed by atoms with Crippen molar-refractivity contribution in [3.8, 4) is 22.5 Å². The van der Waals surface area contributed by atoms with Crippen LogP contribution < -0.4 is 0 Å². The first-order chi connectivity index (χ1) is 20.7. The summed E-state index contributed by atoms with van der Waals surface area (Å²) in [5, 5.41) is 5.25. The second kappa shape index (κ2) is 9.78. The molecule has 2 nitrogen and oxygen atoms in total. The molecule has 42 heavy (non-hydrogen) atoms. The molecular weight excluding hydrogens is 508 g/mol. The lowest BCUT2D eigenvalue weighted by atomic mass is 10.0. The molecule has 0 radical (unpaired) electrons. The maximum absolute atomic E-state index is 2.39. The number of rotatable bonds is 5. The van der Waals surface area contributed by atoms with E-state index in [9.17, 15) is 0 Å². The summed E-state index contributed by atoms with van der Waals surface area (Å²) in [6, 6.07) is 49.2. The molecule has 6 aromatic carbocycles. The van der Waals surface area contributed by atoms with Crippen LogP contribution in [0, 0.1) is 0 Å². The molecule has 0 aliphatic heterocycles. The summed E-state index contributed by atoms with van der Waals surface area (Å²) in [7, 11) is 0. The van der Waals surface area contributed by atoms with Gasteiger partial charge in [-0.3, -0.25) is 0 Å². The molecule has 0 N–H and O–H groups in total. The Labute approximate surface area is 246 Å². The van der Waals surface area contributed by atoms with Crippen LogP contribution in [0.5, 0.6) is 0 Å². The Hall–Kier alpha value is -5.08. The van der Waals surface area contributed by atoms with Gasteiger partial charge in [0, 0.05) is 32.9 Å². The van der Waals surface area contributed by atoms with Crippen molar-refractivity contribution in [2.75, 3.05) is 0 Å². The van der Waals surface area contributed by atoms with E-state index < -0.39 is 0 Å². The number of benzene rings is 6. The summed E-state index contributed by atoms with van der Waals surface area (Å²) in [4.78, 5) is 0. The molecule has 0 aliphatic rings. The van der Waals surface area contributed by atoms with Crippen molar-refractivity contribution in [1.82, 2.24) is 9.13 Å². The molecule has 0 spiro atoms. The van der Waals surface area contributed by atoms with Crippen LogP contribution >= 0.6 is 0 Å². The van der Waals surface area contributed by atoms with Crippen LogP contribution in [0.1, 0.15) is 25.0 Å². The Balaban J connectivity index is 1.18. The summed E-state index contributed by atoms with van der Waals surface area (Å²) in [5.41, 5.74) is 12.5. The Bertz CT molecular complexity index is 2080. The molecule has 8 rings (SSSR count). The van der Waals surface area contributed by atoms with Gasteiger partial charge in [-0.15, -0.1) is 0 Å². The van der Waals surface area contributed by atoms with Crippen molar-refractivity contribution in [3.05, 3.63) is 145 Å². The van der Waals surface area contributed by atoms with E-state index in [0.29, 0.717) is 0 Å². The number of aryl methyl sites for hydroxylation is 2. The smallest absolute Gasteiger partial charge is 0.0541 e. The zero-order valence-electron chi connectivity index (χ0n) is 24.0. The third-order valence-electron chi connectivity index (χ3n) is 8.87. The number of fused-ring (bicyclic) bond motifs is 6. The minimum atomic E-state index is 1.04. The number of hydrogen-bond donors (Lipinski definition) is 0. The topological polar surface area (TPSA) is 9.86 Å². The molecule has 0 amide bonds. The Kier molecular flexibility index (Phi) is 5.75. The maximum atomic E-state index is 2.39. The number of nitrogens with zero attached hydrogens (tertiary/aromatic N) is 2. The Morgan fingerprint density at radius 3 is 1.17 bits per heavy atom. The lowest BCUT2D eigenvalue weighted by Gasteiger charge is -2.11. The van der Waals surface area contributed by atoms with Gasteiger partial charge in [-0.1, -0.05) is 86.6 Å². The van der Waals surface area contributed by atoms with Gasteiger partial charge in [-0.05, 0) is 95.8 Å². The van der Waals surface area contributed by atoms with Crippen LogP contribution in [0.4, 0.5) is 0 Å². The summed E-state index contributed by atoms with van der Waals surface area (Å²) in [5.74, 6) is 0. The normalized spacial score (nSPS) is 11.8. The van der Waals surface area contributed by atoms with E-state index in [1.807, 2.05) is 0 Å². The van der Waals surface area contributed by atoms with Gasteiger partial charge in [0.1, 0.15) is 0 Å². The van der Waals surface area contributed by atoms with Crippen molar-refractivity contribution in [1.29, 1.82) is 0 Å². The van der Waals surface area contributed by atoms with Gasteiger partial charge in [0.2, 0.25) is 0 Å². The second-order valence-corrected chi connectivity index (χ2v) is 11.2. The lowest BCUT2D eigenvalue weighted by molar-refractivity contribution is 1.14. The fourth-order valence-electron chi connectivity index (χ4n) is 6.64. The molecule has 2 aromatic heterocycles. The minimum Gasteiger partial charge on any atom is -0.309 e. The monoisotopic (exact) mass is 540 g/mol. The summed E-state index contributed by atoms with van der Waals surface area (Å²) in [6.45, 7) is 4.44. The van der Waals surface area contributed by atoms with Gasteiger partial charge in [-0.2, -0.15) is 0 Å². The first-order valence-electron chi connectivity index (χ1n) is 15.0. The Morgan fingerprint density at radius 2 is 0.762 bits per heavy atom. The van der Waals surface area contributed by atoms with E-state index in [1.54, 1.807) is 0 Å². The number of hydrogen-bond acceptors (Lipinski definition) is 0. The fourth-order valence-corrected chi connectivity index (χ4v) is 6.64. The fraction of sp³-hybridized carbons (Fsp3) is 0.100. The van der Waals surface area contributed by atoms with Crippen molar-refractivity contribution >= 4 is 43.6 Å². The molecule has 0 aliphatic carbocycles. The highest BCUT2D eigenvalue weighted by molar-refractivity contribution is 6.10. The minimum absolute atomic E-state index is 1.04. The van der Waals surface area contributed by atoms with Crippen molar-refractivity contribution in [2.24, 2.45) is 0 Å². The van der Waals surface area contributed by atoms with E-state index in [0.717, 1.165) is 12.8 Å². The van der Waals surface area contributed by atoms with Gasteiger partial charge in [0.15, 0.2) is 0 Å². The van der Waals surface area contributed by atoms with Gasteiger partial charge >= 0.3 is 0 Å². The maximum Gasteiger partial charge on any atom is 0.0541 e. The molecular formula is C40H32N2. The molecule has 0 fully saturated rings. The van der Waals surface area contributed by atoms with E-state index in [-0.39, 0.29) is 0 Å². The highest BCUT2D eigenvalue weighted by Crippen LogP contribution is 2.35. The molecule has 0 unspecified atom stereocenters.